The molecule has 17 heavy (non-hydrogen) atoms. The molecule has 1 amide bonds. The van der Waals surface area contributed by atoms with Gasteiger partial charge in [-0.05, 0) is 30.3 Å². The molecule has 0 spiro atoms. The van der Waals surface area contributed by atoms with E-state index in [0.717, 1.165) is 0 Å². The number of hydrogen-bond donors (Lipinski definition) is 3. The third-order valence-corrected chi connectivity index (χ3v) is 2.09. The first kappa shape index (κ1) is 10.9. The molecule has 0 bridgehead atoms. The first-order chi connectivity index (χ1) is 8.15. The molecule has 0 aliphatic heterocycles. The fourth-order valence-electron chi connectivity index (χ4n) is 1.24. The van der Waals surface area contributed by atoms with E-state index in [0.29, 0.717) is 11.3 Å². The van der Waals surface area contributed by atoms with Crippen LogP contribution in [0.25, 0.3) is 0 Å². The predicted molar refractivity (Wildman–Crippen MR) is 63.7 cm³/mol. The predicted octanol–water partition coefficient (Wildman–Crippen LogP) is 0.604. The number of amides is 1. The topological polar surface area (TPSA) is 101 Å². The number of nitrogens with zero attached hydrogens (tertiary/aromatic N) is 1. The number of nitrogen functional groups attached to an aromatic ring is 1. The quantitative estimate of drug-likeness (QED) is 0.657. The third-order valence-electron chi connectivity index (χ3n) is 2.09. The highest BCUT2D eigenvalue weighted by Gasteiger charge is 2.06. The van der Waals surface area contributed by atoms with Crippen LogP contribution in [0.2, 0.25) is 0 Å². The second-order valence-electron chi connectivity index (χ2n) is 3.38. The van der Waals surface area contributed by atoms with Gasteiger partial charge in [0.25, 0.3) is 11.5 Å². The monoisotopic (exact) mass is 230 g/mol. The van der Waals surface area contributed by atoms with E-state index in [-0.39, 0.29) is 17.3 Å². The summed E-state index contributed by atoms with van der Waals surface area (Å²) < 4.78 is 0. The molecule has 0 saturated carbocycles. The van der Waals surface area contributed by atoms with Gasteiger partial charge in [0, 0.05) is 17.3 Å². The maximum atomic E-state index is 11.7. The average molecular weight is 230 g/mol. The van der Waals surface area contributed by atoms with Crippen LogP contribution in [0.5, 0.6) is 0 Å². The van der Waals surface area contributed by atoms with Crippen LogP contribution >= 0.6 is 0 Å². The molecule has 2 rings (SSSR count). The molecule has 0 aliphatic carbocycles. The van der Waals surface area contributed by atoms with E-state index in [1.165, 1.54) is 12.1 Å². The molecule has 0 atom stereocenters. The fourth-order valence-corrected chi connectivity index (χ4v) is 1.24. The third kappa shape index (κ3) is 2.69. The number of aromatic amines is 1. The second kappa shape index (κ2) is 4.48. The van der Waals surface area contributed by atoms with Crippen molar-refractivity contribution in [2.45, 2.75) is 0 Å². The molecule has 0 aliphatic rings. The summed E-state index contributed by atoms with van der Waals surface area (Å²) in [5.41, 5.74) is 6.24. The van der Waals surface area contributed by atoms with E-state index in [1.807, 2.05) is 0 Å². The Morgan fingerprint density at radius 2 is 1.88 bits per heavy atom. The molecule has 4 N–H and O–H groups in total. The summed E-state index contributed by atoms with van der Waals surface area (Å²) in [6.07, 6.45) is 0. The number of H-pyrrole nitrogens is 1. The molecule has 0 saturated heterocycles. The van der Waals surface area contributed by atoms with Crippen LogP contribution in [0.1, 0.15) is 10.4 Å². The Hall–Kier alpha value is -2.63. The maximum absolute atomic E-state index is 11.7. The van der Waals surface area contributed by atoms with E-state index in [4.69, 9.17) is 5.73 Å². The van der Waals surface area contributed by atoms with Crippen molar-refractivity contribution in [3.63, 3.8) is 0 Å². The van der Waals surface area contributed by atoms with E-state index in [1.54, 1.807) is 24.3 Å². The zero-order valence-corrected chi connectivity index (χ0v) is 8.81. The summed E-state index contributed by atoms with van der Waals surface area (Å²) in [4.78, 5) is 22.5. The Bertz CT molecular complexity index is 569. The average Bonchev–Trinajstić information content (AvgIpc) is 2.33. The largest absolute Gasteiger partial charge is 0.399 e. The number of anilines is 2. The zero-order valence-electron chi connectivity index (χ0n) is 8.81. The smallest absolute Gasteiger partial charge is 0.264 e. The van der Waals surface area contributed by atoms with Gasteiger partial charge < -0.3 is 11.1 Å². The summed E-state index contributed by atoms with van der Waals surface area (Å²) >= 11 is 0. The van der Waals surface area contributed by atoms with Gasteiger partial charge in [-0.2, -0.15) is 5.10 Å². The van der Waals surface area contributed by atoms with Crippen LogP contribution in [-0.2, 0) is 0 Å². The second-order valence-corrected chi connectivity index (χ2v) is 3.38. The molecule has 0 fully saturated rings. The van der Waals surface area contributed by atoms with Crippen molar-refractivity contribution in [1.29, 1.82) is 0 Å². The highest BCUT2D eigenvalue weighted by Crippen LogP contribution is 2.07. The van der Waals surface area contributed by atoms with Gasteiger partial charge in [0.2, 0.25) is 0 Å². The Labute approximate surface area is 96.5 Å². The van der Waals surface area contributed by atoms with Crippen molar-refractivity contribution >= 4 is 17.4 Å². The lowest BCUT2D eigenvalue weighted by Crippen LogP contribution is -2.15. The Morgan fingerprint density at radius 1 is 1.18 bits per heavy atom. The van der Waals surface area contributed by atoms with Crippen molar-refractivity contribution in [3.8, 4) is 0 Å². The van der Waals surface area contributed by atoms with Gasteiger partial charge in [-0.3, -0.25) is 9.59 Å². The Balaban J connectivity index is 2.14. The molecule has 1 aromatic heterocycles. The summed E-state index contributed by atoms with van der Waals surface area (Å²) in [6.45, 7) is 0. The van der Waals surface area contributed by atoms with Crippen LogP contribution < -0.4 is 16.6 Å². The lowest BCUT2D eigenvalue weighted by molar-refractivity contribution is 0.102. The first-order valence-corrected chi connectivity index (χ1v) is 4.88. The summed E-state index contributed by atoms with van der Waals surface area (Å²) in [7, 11) is 0. The molecule has 1 aromatic carbocycles. The van der Waals surface area contributed by atoms with Gasteiger partial charge in [-0.15, -0.1) is 0 Å². The number of hydrogen-bond acceptors (Lipinski definition) is 4. The molecule has 1 heterocycles. The van der Waals surface area contributed by atoms with Crippen molar-refractivity contribution in [2.75, 3.05) is 11.1 Å². The van der Waals surface area contributed by atoms with Crippen molar-refractivity contribution < 1.29 is 4.79 Å². The SMILES string of the molecule is Nc1ccc(C(=O)Nc2ccc(=O)[nH]n2)cc1. The fraction of sp³-hybridized carbons (Fsp3) is 0. The molecule has 6 nitrogen and oxygen atoms in total. The number of nitrogens with one attached hydrogen (secondary N) is 2. The number of nitrogens with two attached hydrogens (primary N) is 1. The van der Waals surface area contributed by atoms with Gasteiger partial charge in [-0.1, -0.05) is 0 Å². The molecule has 0 unspecified atom stereocenters. The van der Waals surface area contributed by atoms with Gasteiger partial charge >= 0.3 is 0 Å². The highest BCUT2D eigenvalue weighted by atomic mass is 16.2. The summed E-state index contributed by atoms with van der Waals surface area (Å²) in [5.74, 6) is -0.0315. The first-order valence-electron chi connectivity index (χ1n) is 4.88. The standard InChI is InChI=1S/C11H10N4O2/c12-8-3-1-7(2-4-8)11(17)13-9-5-6-10(16)15-14-9/h1-6H,12H2,(H,15,16)(H,13,14,17). The number of benzene rings is 1. The molecular weight excluding hydrogens is 220 g/mol. The molecule has 2 aromatic rings. The number of carbonyl (C=O) groups is 1. The minimum absolute atomic E-state index is 0.284. The molecule has 6 heteroatoms. The Kier molecular flexibility index (Phi) is 2.87. The molecule has 86 valence electrons. The maximum Gasteiger partial charge on any atom is 0.264 e. The van der Waals surface area contributed by atoms with E-state index < -0.39 is 0 Å². The van der Waals surface area contributed by atoms with E-state index >= 15 is 0 Å². The van der Waals surface area contributed by atoms with Crippen LogP contribution in [0.15, 0.2) is 41.2 Å². The van der Waals surface area contributed by atoms with Crippen molar-refractivity contribution in [1.82, 2.24) is 10.2 Å². The molecule has 0 radical (unpaired) electrons. The van der Waals surface area contributed by atoms with Crippen molar-refractivity contribution in [2.24, 2.45) is 0 Å². The van der Waals surface area contributed by atoms with Crippen LogP contribution in [0.3, 0.4) is 0 Å². The van der Waals surface area contributed by atoms with Crippen LogP contribution in [0, 0.1) is 0 Å². The summed E-state index contributed by atoms with van der Waals surface area (Å²) in [5, 5.41) is 8.44. The Morgan fingerprint density at radius 3 is 2.47 bits per heavy atom. The van der Waals surface area contributed by atoms with Gasteiger partial charge in [0.15, 0.2) is 5.82 Å². The van der Waals surface area contributed by atoms with Gasteiger partial charge in [-0.25, -0.2) is 5.10 Å². The zero-order chi connectivity index (χ0) is 12.3. The highest BCUT2D eigenvalue weighted by molar-refractivity contribution is 6.03. The lowest BCUT2D eigenvalue weighted by Gasteiger charge is -2.03. The number of rotatable bonds is 2. The van der Waals surface area contributed by atoms with Gasteiger partial charge in [0.1, 0.15) is 0 Å². The number of aromatic nitrogens is 2. The number of carbonyl (C=O) groups excluding carboxylic acids is 1. The molecular formula is C11H10N4O2. The van der Waals surface area contributed by atoms with Crippen LogP contribution in [-0.4, -0.2) is 16.1 Å². The minimum atomic E-state index is -0.324. The normalized spacial score (nSPS) is 9.88. The van der Waals surface area contributed by atoms with E-state index in [9.17, 15) is 9.59 Å². The summed E-state index contributed by atoms with van der Waals surface area (Å²) in [6, 6.07) is 9.19. The lowest BCUT2D eigenvalue weighted by atomic mass is 10.2. The minimum Gasteiger partial charge on any atom is -0.399 e. The van der Waals surface area contributed by atoms with Gasteiger partial charge in [0.05, 0.1) is 0 Å². The van der Waals surface area contributed by atoms with E-state index in [2.05, 4.69) is 15.5 Å². The van der Waals surface area contributed by atoms with Crippen LogP contribution in [0.4, 0.5) is 11.5 Å². The van der Waals surface area contributed by atoms with Crippen molar-refractivity contribution in [3.05, 3.63) is 52.3 Å².